The third-order valence-corrected chi connectivity index (χ3v) is 6.09. The van der Waals surface area contributed by atoms with Crippen molar-refractivity contribution in [2.45, 2.75) is 25.3 Å². The molecule has 27 heavy (non-hydrogen) atoms. The Bertz CT molecular complexity index is 893. The smallest absolute Gasteiger partial charge is 0.168 e. The van der Waals surface area contributed by atoms with Crippen LogP contribution in [0.2, 0.25) is 0 Å². The van der Waals surface area contributed by atoms with E-state index in [-0.39, 0.29) is 0 Å². The summed E-state index contributed by atoms with van der Waals surface area (Å²) in [5.41, 5.74) is 6.21. The zero-order chi connectivity index (χ0) is 19.3. The molecular weight excluding hydrogens is 342 g/mol. The molecule has 2 atom stereocenters. The second kappa shape index (κ2) is 6.64. The maximum atomic E-state index is 5.85. The van der Waals surface area contributed by atoms with Gasteiger partial charge in [0.05, 0.1) is 28.4 Å². The molecule has 2 aromatic carbocycles. The topological polar surface area (TPSA) is 40.2 Å². The number of fused-ring (bicyclic) bond motifs is 2. The number of rotatable bonds is 4. The van der Waals surface area contributed by atoms with Gasteiger partial charge in [-0.3, -0.25) is 4.90 Å². The van der Waals surface area contributed by atoms with E-state index < -0.39 is 0 Å². The number of likely N-dealkylation sites (N-methyl/N-ethyl adjacent to an activating group) is 1. The van der Waals surface area contributed by atoms with Gasteiger partial charge >= 0.3 is 0 Å². The van der Waals surface area contributed by atoms with Crippen molar-refractivity contribution in [3.8, 4) is 34.1 Å². The van der Waals surface area contributed by atoms with Gasteiger partial charge in [-0.1, -0.05) is 6.92 Å². The molecular formula is C22H27NO4. The van der Waals surface area contributed by atoms with Gasteiger partial charge in [0.25, 0.3) is 0 Å². The van der Waals surface area contributed by atoms with Crippen LogP contribution in [-0.4, -0.2) is 46.9 Å². The Hall–Kier alpha value is -2.40. The van der Waals surface area contributed by atoms with Gasteiger partial charge in [-0.15, -0.1) is 0 Å². The molecule has 0 spiro atoms. The number of benzene rings is 2. The molecule has 0 unspecified atom stereocenters. The second-order valence-electron chi connectivity index (χ2n) is 7.32. The van der Waals surface area contributed by atoms with E-state index in [4.69, 9.17) is 18.9 Å². The minimum atomic E-state index is 0.300. The quantitative estimate of drug-likeness (QED) is 0.814. The Balaban J connectivity index is 2.11. The number of ether oxygens (including phenoxy) is 4. The van der Waals surface area contributed by atoms with Crippen molar-refractivity contribution in [3.63, 3.8) is 0 Å². The minimum Gasteiger partial charge on any atom is -0.493 e. The van der Waals surface area contributed by atoms with Crippen LogP contribution >= 0.6 is 0 Å². The highest BCUT2D eigenvalue weighted by Gasteiger charge is 2.40. The molecule has 1 aliphatic heterocycles. The standard InChI is InChI=1S/C22H27NO4/c1-12-14-10-16(24-3)17(25-4)11-15(14)20-19-13(7-8-23(2)21(12)19)9-18(26-5)22(20)27-6/h9-12,21H,7-8H2,1-6H3/t12-,21-/m0/s1. The lowest BCUT2D eigenvalue weighted by molar-refractivity contribution is 0.202. The van der Waals surface area contributed by atoms with Gasteiger partial charge in [-0.2, -0.15) is 0 Å². The van der Waals surface area contributed by atoms with Crippen molar-refractivity contribution in [1.82, 2.24) is 4.90 Å². The molecule has 1 aliphatic carbocycles. The monoisotopic (exact) mass is 369 g/mol. The Kier molecular flexibility index (Phi) is 4.42. The van der Waals surface area contributed by atoms with E-state index in [9.17, 15) is 0 Å². The molecule has 0 saturated carbocycles. The summed E-state index contributed by atoms with van der Waals surface area (Å²) in [4.78, 5) is 2.45. The first-order chi connectivity index (χ1) is 13.0. The van der Waals surface area contributed by atoms with Gasteiger partial charge in [0.15, 0.2) is 23.0 Å². The zero-order valence-electron chi connectivity index (χ0n) is 16.9. The van der Waals surface area contributed by atoms with E-state index >= 15 is 0 Å². The van der Waals surface area contributed by atoms with Gasteiger partial charge in [0.1, 0.15) is 0 Å². The summed E-state index contributed by atoms with van der Waals surface area (Å²) in [5, 5.41) is 0. The lowest BCUT2D eigenvalue weighted by Crippen LogP contribution is -2.37. The molecule has 0 radical (unpaired) electrons. The lowest BCUT2D eigenvalue weighted by atomic mass is 9.71. The molecule has 5 nitrogen and oxygen atoms in total. The Morgan fingerprint density at radius 3 is 2.19 bits per heavy atom. The van der Waals surface area contributed by atoms with Crippen LogP contribution < -0.4 is 18.9 Å². The molecule has 0 saturated heterocycles. The van der Waals surface area contributed by atoms with E-state index in [0.29, 0.717) is 12.0 Å². The normalized spacial score (nSPS) is 20.5. The predicted octanol–water partition coefficient (Wildman–Crippen LogP) is 4.03. The highest BCUT2D eigenvalue weighted by atomic mass is 16.5. The lowest BCUT2D eigenvalue weighted by Gasteiger charge is -2.44. The maximum Gasteiger partial charge on any atom is 0.168 e. The van der Waals surface area contributed by atoms with Crippen LogP contribution in [0, 0.1) is 0 Å². The molecule has 2 aromatic rings. The van der Waals surface area contributed by atoms with E-state index in [1.807, 2.05) is 0 Å². The molecule has 144 valence electrons. The van der Waals surface area contributed by atoms with Crippen LogP contribution in [0.5, 0.6) is 23.0 Å². The summed E-state index contributed by atoms with van der Waals surface area (Å²) in [6.45, 7) is 3.32. The van der Waals surface area contributed by atoms with Gasteiger partial charge in [-0.25, -0.2) is 0 Å². The molecule has 0 aromatic heterocycles. The van der Waals surface area contributed by atoms with Gasteiger partial charge in [-0.05, 0) is 53.9 Å². The molecule has 0 bridgehead atoms. The van der Waals surface area contributed by atoms with Crippen LogP contribution in [0.3, 0.4) is 0 Å². The molecule has 4 rings (SSSR count). The number of hydrogen-bond donors (Lipinski definition) is 0. The summed E-state index contributed by atoms with van der Waals surface area (Å²) in [6, 6.07) is 6.64. The fraction of sp³-hybridized carbons (Fsp3) is 0.455. The third-order valence-electron chi connectivity index (χ3n) is 6.09. The van der Waals surface area contributed by atoms with Crippen LogP contribution in [-0.2, 0) is 6.42 Å². The summed E-state index contributed by atoms with van der Waals surface area (Å²) in [6.07, 6.45) is 1.00. The number of hydrogen-bond acceptors (Lipinski definition) is 5. The first-order valence-electron chi connectivity index (χ1n) is 9.29. The summed E-state index contributed by atoms with van der Waals surface area (Å²) in [7, 11) is 8.97. The molecule has 0 N–H and O–H groups in total. The highest BCUT2D eigenvalue weighted by molar-refractivity contribution is 5.85. The van der Waals surface area contributed by atoms with Crippen LogP contribution in [0.4, 0.5) is 0 Å². The summed E-state index contributed by atoms with van der Waals surface area (Å²) < 4.78 is 22.7. The zero-order valence-corrected chi connectivity index (χ0v) is 16.9. The van der Waals surface area contributed by atoms with Crippen LogP contribution in [0.1, 0.15) is 35.6 Å². The molecule has 0 fully saturated rings. The number of nitrogens with zero attached hydrogens (tertiary/aromatic N) is 1. The van der Waals surface area contributed by atoms with E-state index in [1.54, 1.807) is 28.4 Å². The van der Waals surface area contributed by atoms with Gasteiger partial charge in [0.2, 0.25) is 0 Å². The van der Waals surface area contributed by atoms with Gasteiger partial charge in [0, 0.05) is 24.1 Å². The second-order valence-corrected chi connectivity index (χ2v) is 7.32. The van der Waals surface area contributed by atoms with Crippen molar-refractivity contribution in [1.29, 1.82) is 0 Å². The molecule has 1 heterocycles. The fourth-order valence-electron chi connectivity index (χ4n) is 4.82. The SMILES string of the molecule is COc1cc2c(cc1OC)[C@H](C)[C@H]1c3c(cc(OC)c(OC)c3-2)CCN1C. The van der Waals surface area contributed by atoms with E-state index in [2.05, 4.69) is 37.1 Å². The minimum absolute atomic E-state index is 0.300. The molecule has 0 amide bonds. The highest BCUT2D eigenvalue weighted by Crippen LogP contribution is 2.57. The van der Waals surface area contributed by atoms with Crippen molar-refractivity contribution < 1.29 is 18.9 Å². The average Bonchev–Trinajstić information content (AvgIpc) is 2.70. The van der Waals surface area contributed by atoms with E-state index in [1.165, 1.54) is 16.7 Å². The summed E-state index contributed by atoms with van der Waals surface area (Å²) >= 11 is 0. The largest absolute Gasteiger partial charge is 0.493 e. The van der Waals surface area contributed by atoms with Gasteiger partial charge < -0.3 is 18.9 Å². The third kappa shape index (κ3) is 2.48. The fourth-order valence-corrected chi connectivity index (χ4v) is 4.82. The Labute approximate surface area is 160 Å². The van der Waals surface area contributed by atoms with E-state index in [0.717, 1.165) is 47.1 Å². The van der Waals surface area contributed by atoms with Crippen LogP contribution in [0.25, 0.3) is 11.1 Å². The van der Waals surface area contributed by atoms with Crippen molar-refractivity contribution in [2.24, 2.45) is 0 Å². The Morgan fingerprint density at radius 2 is 1.56 bits per heavy atom. The Morgan fingerprint density at radius 1 is 0.889 bits per heavy atom. The molecule has 5 heteroatoms. The first-order valence-corrected chi connectivity index (χ1v) is 9.29. The predicted molar refractivity (Wildman–Crippen MR) is 106 cm³/mol. The summed E-state index contributed by atoms with van der Waals surface area (Å²) in [5.74, 6) is 3.38. The average molecular weight is 369 g/mol. The van der Waals surface area contributed by atoms with Crippen LogP contribution in [0.15, 0.2) is 18.2 Å². The van der Waals surface area contributed by atoms with Crippen molar-refractivity contribution in [2.75, 3.05) is 42.0 Å². The first kappa shape index (κ1) is 18.0. The maximum absolute atomic E-state index is 5.85. The van der Waals surface area contributed by atoms with Crippen molar-refractivity contribution >= 4 is 0 Å². The van der Waals surface area contributed by atoms with Crippen molar-refractivity contribution in [3.05, 3.63) is 34.9 Å². The number of methoxy groups -OCH3 is 4. The molecule has 2 aliphatic rings.